The summed E-state index contributed by atoms with van der Waals surface area (Å²) < 4.78 is 20.1. The fourth-order valence-electron chi connectivity index (χ4n) is 3.30. The summed E-state index contributed by atoms with van der Waals surface area (Å²) in [7, 11) is 1.37. The maximum absolute atomic E-state index is 13.2. The zero-order valence-electron chi connectivity index (χ0n) is 17.0. The summed E-state index contributed by atoms with van der Waals surface area (Å²) in [6.07, 6.45) is 3.05. The highest BCUT2D eigenvalue weighted by atomic mass is 19.1. The molecule has 29 heavy (non-hydrogen) atoms. The molecule has 0 radical (unpaired) electrons. The second-order valence-corrected chi connectivity index (χ2v) is 6.93. The van der Waals surface area contributed by atoms with Gasteiger partial charge in [-0.1, -0.05) is 19.1 Å². The Balaban J connectivity index is 1.70. The fourth-order valence-corrected chi connectivity index (χ4v) is 3.30. The normalized spacial score (nSPS) is 10.9. The van der Waals surface area contributed by atoms with E-state index in [2.05, 4.69) is 19.7 Å². The van der Waals surface area contributed by atoms with Crippen molar-refractivity contribution in [1.82, 2.24) is 19.7 Å². The van der Waals surface area contributed by atoms with Crippen molar-refractivity contribution < 1.29 is 13.9 Å². The van der Waals surface area contributed by atoms with Crippen LogP contribution in [0.5, 0.6) is 0 Å². The van der Waals surface area contributed by atoms with Gasteiger partial charge in [0.15, 0.2) is 0 Å². The molecule has 6 nitrogen and oxygen atoms in total. The minimum Gasteiger partial charge on any atom is -0.465 e. The Morgan fingerprint density at radius 3 is 2.52 bits per heavy atom. The first-order valence-corrected chi connectivity index (χ1v) is 9.71. The monoisotopic (exact) mass is 396 g/mol. The van der Waals surface area contributed by atoms with E-state index in [1.54, 1.807) is 24.3 Å². The number of rotatable bonds is 8. The Bertz CT molecular complexity index is 983. The highest BCUT2D eigenvalue weighted by Gasteiger charge is 2.13. The van der Waals surface area contributed by atoms with Crippen molar-refractivity contribution in [3.63, 3.8) is 0 Å². The lowest BCUT2D eigenvalue weighted by Crippen LogP contribution is -2.10. The molecule has 0 atom stereocenters. The maximum Gasteiger partial charge on any atom is 0.337 e. The molecule has 0 unspecified atom stereocenters. The van der Waals surface area contributed by atoms with Crippen LogP contribution in [0.25, 0.3) is 0 Å². The first kappa shape index (κ1) is 20.6. The average Bonchev–Trinajstić information content (AvgIpc) is 3.10. The van der Waals surface area contributed by atoms with Gasteiger partial charge in [-0.2, -0.15) is 0 Å². The maximum atomic E-state index is 13.2. The Labute approximate surface area is 169 Å². The third-order valence-corrected chi connectivity index (χ3v) is 4.74. The second-order valence-electron chi connectivity index (χ2n) is 6.93. The summed E-state index contributed by atoms with van der Waals surface area (Å²) in [5.41, 5.74) is 3.16. The minimum atomic E-state index is -0.358. The third-order valence-electron chi connectivity index (χ3n) is 4.74. The molecule has 152 valence electrons. The molecule has 0 bridgehead atoms. The first-order chi connectivity index (χ1) is 14.0. The van der Waals surface area contributed by atoms with E-state index in [0.717, 1.165) is 54.3 Å². The molecule has 0 saturated carbocycles. The van der Waals surface area contributed by atoms with Crippen molar-refractivity contribution >= 4 is 5.97 Å². The van der Waals surface area contributed by atoms with E-state index in [0.29, 0.717) is 12.1 Å². The summed E-state index contributed by atoms with van der Waals surface area (Å²) in [5.74, 6) is 1.20. The SMILES string of the molecule is CCc1nnc(CCCc2cc(C(=O)OC)cc(C)n2)n1Cc1ccc(F)cc1. The fraction of sp³-hybridized carbons (Fsp3) is 0.364. The van der Waals surface area contributed by atoms with Crippen LogP contribution in [0.4, 0.5) is 4.39 Å². The predicted octanol–water partition coefficient (Wildman–Crippen LogP) is 3.69. The van der Waals surface area contributed by atoms with Gasteiger partial charge < -0.3 is 9.30 Å². The van der Waals surface area contributed by atoms with Crippen LogP contribution in [0.3, 0.4) is 0 Å². The van der Waals surface area contributed by atoms with Gasteiger partial charge in [-0.3, -0.25) is 4.98 Å². The Hall–Kier alpha value is -3.09. The lowest BCUT2D eigenvalue weighted by atomic mass is 10.1. The molecule has 7 heteroatoms. The highest BCUT2D eigenvalue weighted by molar-refractivity contribution is 5.89. The van der Waals surface area contributed by atoms with Gasteiger partial charge in [0.05, 0.1) is 19.2 Å². The van der Waals surface area contributed by atoms with Crippen LogP contribution in [0.1, 0.15) is 52.3 Å². The van der Waals surface area contributed by atoms with Gasteiger partial charge in [0, 0.05) is 24.2 Å². The number of hydrogen-bond acceptors (Lipinski definition) is 5. The summed E-state index contributed by atoms with van der Waals surface area (Å²) in [6, 6.07) is 10.00. The molecule has 3 rings (SSSR count). The van der Waals surface area contributed by atoms with Gasteiger partial charge in [0.25, 0.3) is 0 Å². The van der Waals surface area contributed by atoms with E-state index in [9.17, 15) is 9.18 Å². The number of halogens is 1. The second kappa shape index (κ2) is 9.41. The van der Waals surface area contributed by atoms with Crippen molar-refractivity contribution in [3.8, 4) is 0 Å². The molecule has 0 fully saturated rings. The molecule has 0 saturated heterocycles. The lowest BCUT2D eigenvalue weighted by molar-refractivity contribution is 0.0600. The Morgan fingerprint density at radius 2 is 1.83 bits per heavy atom. The number of ether oxygens (including phenoxy) is 1. The molecule has 2 heterocycles. The van der Waals surface area contributed by atoms with Crippen molar-refractivity contribution in [3.05, 3.63) is 76.4 Å². The molecule has 0 amide bonds. The topological polar surface area (TPSA) is 69.9 Å². The summed E-state index contributed by atoms with van der Waals surface area (Å²) in [6.45, 7) is 4.52. The van der Waals surface area contributed by atoms with Crippen LogP contribution in [0, 0.1) is 12.7 Å². The van der Waals surface area contributed by atoms with Gasteiger partial charge in [-0.15, -0.1) is 10.2 Å². The van der Waals surface area contributed by atoms with E-state index in [1.807, 2.05) is 13.8 Å². The molecular formula is C22H25FN4O2. The van der Waals surface area contributed by atoms with Gasteiger partial charge in [-0.25, -0.2) is 9.18 Å². The zero-order valence-corrected chi connectivity index (χ0v) is 17.0. The largest absolute Gasteiger partial charge is 0.465 e. The molecule has 0 spiro atoms. The number of esters is 1. The number of methoxy groups -OCH3 is 1. The van der Waals surface area contributed by atoms with Crippen molar-refractivity contribution in [2.45, 2.75) is 46.1 Å². The minimum absolute atomic E-state index is 0.245. The molecule has 0 N–H and O–H groups in total. The molecule has 2 aromatic heterocycles. The van der Waals surface area contributed by atoms with E-state index >= 15 is 0 Å². The lowest BCUT2D eigenvalue weighted by Gasteiger charge is -2.10. The molecule has 0 aliphatic carbocycles. The first-order valence-electron chi connectivity index (χ1n) is 9.71. The van der Waals surface area contributed by atoms with E-state index in [1.165, 1.54) is 19.2 Å². The van der Waals surface area contributed by atoms with Crippen molar-refractivity contribution in [1.29, 1.82) is 0 Å². The number of benzene rings is 1. The van der Waals surface area contributed by atoms with E-state index < -0.39 is 0 Å². The number of aryl methyl sites for hydroxylation is 4. The van der Waals surface area contributed by atoms with Gasteiger partial charge in [-0.05, 0) is 49.6 Å². The van der Waals surface area contributed by atoms with Crippen LogP contribution in [0.2, 0.25) is 0 Å². The number of carbonyl (C=O) groups is 1. The van der Waals surface area contributed by atoms with E-state index in [-0.39, 0.29) is 11.8 Å². The highest BCUT2D eigenvalue weighted by Crippen LogP contribution is 2.14. The zero-order chi connectivity index (χ0) is 20.8. The number of nitrogens with zero attached hydrogens (tertiary/aromatic N) is 4. The standard InChI is InChI=1S/C22H25FN4O2/c1-4-20-25-26-21(27(20)14-16-8-10-18(23)11-9-16)7-5-6-19-13-17(22(28)29-3)12-15(2)24-19/h8-13H,4-7,14H2,1-3H3. The van der Waals surface area contributed by atoms with Crippen LogP contribution in [-0.2, 0) is 30.5 Å². The Kier molecular flexibility index (Phi) is 6.69. The number of carbonyl (C=O) groups excluding carboxylic acids is 1. The number of pyridine rings is 1. The van der Waals surface area contributed by atoms with Crippen LogP contribution < -0.4 is 0 Å². The predicted molar refractivity (Wildman–Crippen MR) is 107 cm³/mol. The summed E-state index contributed by atoms with van der Waals surface area (Å²) >= 11 is 0. The molecule has 0 aliphatic heterocycles. The summed E-state index contributed by atoms with van der Waals surface area (Å²) in [4.78, 5) is 16.3. The van der Waals surface area contributed by atoms with Crippen LogP contribution in [0.15, 0.2) is 36.4 Å². The quantitative estimate of drug-likeness (QED) is 0.543. The van der Waals surface area contributed by atoms with Gasteiger partial charge in [0.1, 0.15) is 17.5 Å². The number of aromatic nitrogens is 4. The average molecular weight is 396 g/mol. The van der Waals surface area contributed by atoms with Gasteiger partial charge >= 0.3 is 5.97 Å². The van der Waals surface area contributed by atoms with Crippen LogP contribution >= 0.6 is 0 Å². The van der Waals surface area contributed by atoms with Crippen molar-refractivity contribution in [2.24, 2.45) is 0 Å². The third kappa shape index (κ3) is 5.25. The molecule has 3 aromatic rings. The van der Waals surface area contributed by atoms with Crippen molar-refractivity contribution in [2.75, 3.05) is 7.11 Å². The Morgan fingerprint density at radius 1 is 1.10 bits per heavy atom. The molecule has 1 aromatic carbocycles. The van der Waals surface area contributed by atoms with E-state index in [4.69, 9.17) is 4.74 Å². The smallest absolute Gasteiger partial charge is 0.337 e. The molecule has 0 aliphatic rings. The number of hydrogen-bond donors (Lipinski definition) is 0. The van der Waals surface area contributed by atoms with Crippen LogP contribution in [-0.4, -0.2) is 32.8 Å². The molecular weight excluding hydrogens is 371 g/mol. The summed E-state index contributed by atoms with van der Waals surface area (Å²) in [5, 5.41) is 8.65. The van der Waals surface area contributed by atoms with Gasteiger partial charge in [0.2, 0.25) is 0 Å².